The summed E-state index contributed by atoms with van der Waals surface area (Å²) in [6.07, 6.45) is 3.67. The SMILES string of the molecule is Cl.O=C1C=C(SF)C=C2OCCC12. The third-order valence-electron chi connectivity index (χ3n) is 2.02. The van der Waals surface area contributed by atoms with Crippen molar-refractivity contribution in [2.75, 3.05) is 6.61 Å². The van der Waals surface area contributed by atoms with Crippen LogP contribution in [-0.4, -0.2) is 12.4 Å². The molecule has 1 aliphatic heterocycles. The zero-order valence-corrected chi connectivity index (χ0v) is 8.29. The Kier molecular flexibility index (Phi) is 3.39. The van der Waals surface area contributed by atoms with E-state index in [0.717, 1.165) is 6.42 Å². The summed E-state index contributed by atoms with van der Waals surface area (Å²) in [5.41, 5.74) is 0. The maximum atomic E-state index is 12.1. The molecule has 2 nitrogen and oxygen atoms in total. The zero-order valence-electron chi connectivity index (χ0n) is 6.66. The minimum Gasteiger partial charge on any atom is -0.497 e. The van der Waals surface area contributed by atoms with Crippen LogP contribution in [0, 0.1) is 5.92 Å². The largest absolute Gasteiger partial charge is 0.497 e. The number of fused-ring (bicyclic) bond motifs is 1. The lowest BCUT2D eigenvalue weighted by Crippen LogP contribution is -2.13. The van der Waals surface area contributed by atoms with Crippen molar-refractivity contribution in [2.24, 2.45) is 5.92 Å². The molecule has 1 unspecified atom stereocenters. The highest BCUT2D eigenvalue weighted by molar-refractivity contribution is 7.98. The average Bonchev–Trinajstić information content (AvgIpc) is 2.52. The molecule has 13 heavy (non-hydrogen) atoms. The maximum absolute atomic E-state index is 12.1. The Bertz CT molecular complexity index is 288. The van der Waals surface area contributed by atoms with Crippen molar-refractivity contribution < 1.29 is 13.4 Å². The Morgan fingerprint density at radius 3 is 3.00 bits per heavy atom. The molecule has 1 fully saturated rings. The first-order valence-electron chi connectivity index (χ1n) is 3.70. The van der Waals surface area contributed by atoms with Crippen LogP contribution in [0.1, 0.15) is 6.42 Å². The molecular formula is C8H8ClFO2S. The zero-order chi connectivity index (χ0) is 8.55. The normalized spacial score (nSPS) is 25.3. The minimum atomic E-state index is -0.138. The molecule has 0 aromatic rings. The van der Waals surface area contributed by atoms with Crippen molar-refractivity contribution in [2.45, 2.75) is 6.42 Å². The topological polar surface area (TPSA) is 26.3 Å². The summed E-state index contributed by atoms with van der Waals surface area (Å²) in [4.78, 5) is 11.6. The molecule has 0 bridgehead atoms. The molecular weight excluding hydrogens is 215 g/mol. The van der Waals surface area contributed by atoms with Gasteiger partial charge in [0, 0.05) is 4.91 Å². The Morgan fingerprint density at radius 2 is 2.31 bits per heavy atom. The summed E-state index contributed by atoms with van der Waals surface area (Å²) in [6, 6.07) is 0. The van der Waals surface area contributed by atoms with Gasteiger partial charge in [-0.2, -0.15) is 3.89 Å². The van der Waals surface area contributed by atoms with E-state index in [2.05, 4.69) is 0 Å². The van der Waals surface area contributed by atoms with Gasteiger partial charge in [-0.1, -0.05) is 0 Å². The Morgan fingerprint density at radius 1 is 1.54 bits per heavy atom. The first kappa shape index (κ1) is 10.6. The summed E-state index contributed by atoms with van der Waals surface area (Å²) >= 11 is 0.0823. The first-order chi connectivity index (χ1) is 5.81. The molecule has 1 saturated heterocycles. The van der Waals surface area contributed by atoms with Gasteiger partial charge < -0.3 is 4.74 Å². The van der Waals surface area contributed by atoms with Crippen molar-refractivity contribution in [1.29, 1.82) is 0 Å². The lowest BCUT2D eigenvalue weighted by Gasteiger charge is -2.11. The summed E-state index contributed by atoms with van der Waals surface area (Å²) in [7, 11) is 0. The van der Waals surface area contributed by atoms with Crippen LogP contribution in [-0.2, 0) is 9.53 Å². The van der Waals surface area contributed by atoms with Gasteiger partial charge in [0.05, 0.1) is 24.7 Å². The summed E-state index contributed by atoms with van der Waals surface area (Å²) in [6.45, 7) is 0.570. The highest BCUT2D eigenvalue weighted by atomic mass is 35.5. The molecule has 0 spiro atoms. The second kappa shape index (κ2) is 4.15. The Balaban J connectivity index is 0.000000845. The second-order valence-electron chi connectivity index (χ2n) is 2.76. The summed E-state index contributed by atoms with van der Waals surface area (Å²) in [5, 5.41) is 0. The molecule has 0 radical (unpaired) electrons. The molecule has 0 N–H and O–H groups in total. The Labute approximate surface area is 85.9 Å². The highest BCUT2D eigenvalue weighted by Crippen LogP contribution is 2.34. The van der Waals surface area contributed by atoms with E-state index in [-0.39, 0.29) is 36.3 Å². The van der Waals surface area contributed by atoms with Crippen LogP contribution < -0.4 is 0 Å². The molecule has 1 heterocycles. The van der Waals surface area contributed by atoms with Crippen molar-refractivity contribution in [3.63, 3.8) is 0 Å². The first-order valence-corrected chi connectivity index (χ1v) is 4.41. The number of halogens is 2. The van der Waals surface area contributed by atoms with Crippen LogP contribution in [0.25, 0.3) is 0 Å². The van der Waals surface area contributed by atoms with Crippen LogP contribution in [0.15, 0.2) is 22.8 Å². The van der Waals surface area contributed by atoms with Crippen molar-refractivity contribution in [1.82, 2.24) is 0 Å². The van der Waals surface area contributed by atoms with E-state index in [1.807, 2.05) is 0 Å². The maximum Gasteiger partial charge on any atom is 0.167 e. The fourth-order valence-electron chi connectivity index (χ4n) is 1.43. The van der Waals surface area contributed by atoms with Crippen LogP contribution in [0.4, 0.5) is 3.89 Å². The number of hydrogen-bond acceptors (Lipinski definition) is 3. The van der Waals surface area contributed by atoms with Gasteiger partial charge in [-0.15, -0.1) is 12.4 Å². The van der Waals surface area contributed by atoms with Crippen molar-refractivity contribution in [3.8, 4) is 0 Å². The van der Waals surface area contributed by atoms with E-state index in [1.165, 1.54) is 6.08 Å². The number of allylic oxidation sites excluding steroid dienone is 3. The molecule has 0 aromatic carbocycles. The molecule has 0 amide bonds. The third-order valence-corrected chi connectivity index (χ3v) is 2.43. The number of rotatable bonds is 1. The van der Waals surface area contributed by atoms with Gasteiger partial charge in [0.2, 0.25) is 0 Å². The molecule has 0 saturated carbocycles. The molecule has 2 aliphatic rings. The predicted octanol–water partition coefficient (Wildman–Crippen LogP) is 2.41. The number of hydrogen-bond donors (Lipinski definition) is 0. The van der Waals surface area contributed by atoms with Gasteiger partial charge >= 0.3 is 0 Å². The molecule has 1 aliphatic carbocycles. The third kappa shape index (κ3) is 1.89. The molecule has 5 heteroatoms. The van der Waals surface area contributed by atoms with Gasteiger partial charge in [0.15, 0.2) is 5.78 Å². The smallest absolute Gasteiger partial charge is 0.167 e. The molecule has 72 valence electrons. The summed E-state index contributed by atoms with van der Waals surface area (Å²) in [5.74, 6) is 0.453. The lowest BCUT2D eigenvalue weighted by atomic mass is 9.96. The van der Waals surface area contributed by atoms with E-state index in [9.17, 15) is 8.68 Å². The van der Waals surface area contributed by atoms with Crippen LogP contribution in [0.2, 0.25) is 0 Å². The van der Waals surface area contributed by atoms with Gasteiger partial charge in [0.25, 0.3) is 0 Å². The van der Waals surface area contributed by atoms with E-state index >= 15 is 0 Å². The van der Waals surface area contributed by atoms with Crippen LogP contribution in [0.5, 0.6) is 0 Å². The van der Waals surface area contributed by atoms with Gasteiger partial charge in [0.1, 0.15) is 5.76 Å². The van der Waals surface area contributed by atoms with E-state index in [1.54, 1.807) is 6.08 Å². The predicted molar refractivity (Wildman–Crippen MR) is 51.2 cm³/mol. The Hall–Kier alpha value is -0.480. The standard InChI is InChI=1S/C8H7FO2S.ClH/c9-12-5-3-7(10)6-1-2-11-8(6)4-5;/h3-4,6H,1-2H2;1H. The highest BCUT2D eigenvalue weighted by Gasteiger charge is 2.31. The van der Waals surface area contributed by atoms with E-state index < -0.39 is 0 Å². The van der Waals surface area contributed by atoms with Crippen LogP contribution >= 0.6 is 24.6 Å². The monoisotopic (exact) mass is 222 g/mol. The lowest BCUT2D eigenvalue weighted by molar-refractivity contribution is -0.117. The second-order valence-corrected chi connectivity index (χ2v) is 3.39. The number of carbonyl (C=O) groups is 1. The fourth-order valence-corrected chi connectivity index (χ4v) is 1.75. The van der Waals surface area contributed by atoms with Crippen LogP contribution in [0.3, 0.4) is 0 Å². The average molecular weight is 223 g/mol. The molecule has 2 rings (SSSR count). The molecule has 0 aromatic heterocycles. The van der Waals surface area contributed by atoms with E-state index in [0.29, 0.717) is 17.3 Å². The fraction of sp³-hybridized carbons (Fsp3) is 0.375. The summed E-state index contributed by atoms with van der Waals surface area (Å²) < 4.78 is 17.3. The van der Waals surface area contributed by atoms with Gasteiger partial charge in [-0.05, 0) is 18.6 Å². The quantitative estimate of drug-likeness (QED) is 0.682. The van der Waals surface area contributed by atoms with Crippen molar-refractivity contribution in [3.05, 3.63) is 22.8 Å². The number of ketones is 1. The van der Waals surface area contributed by atoms with Crippen molar-refractivity contribution >= 4 is 30.3 Å². The molecule has 1 atom stereocenters. The minimum absolute atomic E-state index is 0. The number of ether oxygens (including phenoxy) is 1. The van der Waals surface area contributed by atoms with Gasteiger partial charge in [-0.3, -0.25) is 4.79 Å². The number of carbonyl (C=O) groups excluding carboxylic acids is 1. The van der Waals surface area contributed by atoms with Gasteiger partial charge in [-0.25, -0.2) is 0 Å². The van der Waals surface area contributed by atoms with E-state index in [4.69, 9.17) is 4.74 Å².